The average molecular weight is 512 g/mol. The van der Waals surface area contributed by atoms with E-state index in [0.717, 1.165) is 38.1 Å². The van der Waals surface area contributed by atoms with Gasteiger partial charge in [-0.3, -0.25) is 9.69 Å². The van der Waals surface area contributed by atoms with Crippen molar-refractivity contribution in [2.45, 2.75) is 18.4 Å². The molecule has 3 aromatic rings. The van der Waals surface area contributed by atoms with Crippen LogP contribution >= 0.6 is 47.3 Å². The first-order chi connectivity index (χ1) is 16.0. The lowest BCUT2D eigenvalue weighted by Crippen LogP contribution is -2.27. The lowest BCUT2D eigenvalue weighted by atomic mass is 10.1. The molecule has 1 amide bonds. The van der Waals surface area contributed by atoms with E-state index in [1.807, 2.05) is 85.8 Å². The largest absolute Gasteiger partial charge is 0.492 e. The molecule has 0 saturated carbocycles. The van der Waals surface area contributed by atoms with E-state index < -0.39 is 0 Å². The van der Waals surface area contributed by atoms with Gasteiger partial charge in [0.15, 0.2) is 0 Å². The number of ether oxygens (including phenoxy) is 1. The van der Waals surface area contributed by atoms with Gasteiger partial charge in [-0.15, -0.1) is 11.8 Å². The zero-order valence-electron chi connectivity index (χ0n) is 18.0. The van der Waals surface area contributed by atoms with E-state index in [1.54, 1.807) is 16.7 Å². The van der Waals surface area contributed by atoms with Crippen LogP contribution in [0, 0.1) is 6.92 Å². The van der Waals surface area contributed by atoms with E-state index in [0.29, 0.717) is 22.4 Å². The maximum Gasteiger partial charge on any atom is 0.266 e. The molecule has 0 N–H and O–H groups in total. The van der Waals surface area contributed by atoms with Crippen molar-refractivity contribution < 1.29 is 9.53 Å². The highest BCUT2D eigenvalue weighted by Crippen LogP contribution is 2.35. The van der Waals surface area contributed by atoms with E-state index in [9.17, 15) is 4.79 Å². The van der Waals surface area contributed by atoms with Gasteiger partial charge in [0.05, 0.1) is 18.1 Å². The summed E-state index contributed by atoms with van der Waals surface area (Å²) in [5.74, 6) is 1.49. The molecule has 0 radical (unpaired) electrons. The Morgan fingerprint density at radius 2 is 1.85 bits per heavy atom. The van der Waals surface area contributed by atoms with Gasteiger partial charge in [-0.1, -0.05) is 77.5 Å². The Labute approximate surface area is 213 Å². The van der Waals surface area contributed by atoms with Crippen molar-refractivity contribution in [3.8, 4) is 5.75 Å². The Kier molecular flexibility index (Phi) is 8.15. The molecular formula is C26H22ClNO2S3. The molecule has 3 nitrogen and oxygen atoms in total. The fourth-order valence-electron chi connectivity index (χ4n) is 3.30. The molecule has 0 atom stereocenters. The maximum absolute atomic E-state index is 13.1. The van der Waals surface area contributed by atoms with Crippen molar-refractivity contribution in [3.05, 3.63) is 99.4 Å². The van der Waals surface area contributed by atoms with Gasteiger partial charge in [0.2, 0.25) is 0 Å². The second kappa shape index (κ2) is 11.3. The molecule has 168 valence electrons. The monoisotopic (exact) mass is 511 g/mol. The third-order valence-electron chi connectivity index (χ3n) is 4.93. The number of hydrogen-bond acceptors (Lipinski definition) is 5. The fourth-order valence-corrected chi connectivity index (χ4v) is 5.40. The van der Waals surface area contributed by atoms with Gasteiger partial charge in [-0.2, -0.15) is 0 Å². The molecule has 0 aliphatic carbocycles. The molecule has 1 heterocycles. The molecule has 3 aromatic carbocycles. The van der Waals surface area contributed by atoms with Crippen LogP contribution in [0.2, 0.25) is 5.02 Å². The zero-order chi connectivity index (χ0) is 23.2. The molecule has 1 saturated heterocycles. The molecule has 1 fully saturated rings. The second-order valence-electron chi connectivity index (χ2n) is 7.45. The summed E-state index contributed by atoms with van der Waals surface area (Å²) >= 11 is 14.5. The van der Waals surface area contributed by atoms with Crippen molar-refractivity contribution in [1.29, 1.82) is 0 Å². The Balaban J connectivity index is 1.43. The average Bonchev–Trinajstić information content (AvgIpc) is 3.07. The molecule has 1 aliphatic heterocycles. The molecule has 0 aromatic heterocycles. The van der Waals surface area contributed by atoms with Gasteiger partial charge in [0.1, 0.15) is 10.1 Å². The predicted octanol–water partition coefficient (Wildman–Crippen LogP) is 7.22. The van der Waals surface area contributed by atoms with Crippen LogP contribution in [0.15, 0.2) is 82.6 Å². The van der Waals surface area contributed by atoms with Crippen molar-refractivity contribution in [3.63, 3.8) is 0 Å². The minimum absolute atomic E-state index is 0.0698. The minimum atomic E-state index is -0.0698. The number of carbonyl (C=O) groups is 1. The third-order valence-corrected chi connectivity index (χ3v) is 7.54. The van der Waals surface area contributed by atoms with E-state index in [4.69, 9.17) is 28.6 Å². The first-order valence-electron chi connectivity index (χ1n) is 10.4. The van der Waals surface area contributed by atoms with Crippen LogP contribution in [-0.2, 0) is 11.3 Å². The van der Waals surface area contributed by atoms with Gasteiger partial charge < -0.3 is 4.74 Å². The van der Waals surface area contributed by atoms with Gasteiger partial charge in [0, 0.05) is 21.2 Å². The number of hydrogen-bond donors (Lipinski definition) is 0. The van der Waals surface area contributed by atoms with Crippen molar-refractivity contribution in [1.82, 2.24) is 4.90 Å². The van der Waals surface area contributed by atoms with E-state index in [2.05, 4.69) is 0 Å². The van der Waals surface area contributed by atoms with Crippen LogP contribution in [0.25, 0.3) is 6.08 Å². The number of thioether (sulfide) groups is 2. The first-order valence-corrected chi connectivity index (χ1v) is 13.0. The zero-order valence-corrected chi connectivity index (χ0v) is 21.2. The standard InChI is InChI=1S/C26H22ClNO2S3/c1-18-7-12-23(30-13-14-32-22-10-8-21(27)9-11-22)20(15-18)16-24-25(29)28(26(31)33-24)17-19-5-3-2-4-6-19/h2-12,15-16H,13-14,17H2,1H3/b24-16-. The number of rotatable bonds is 8. The molecule has 0 bridgehead atoms. The summed E-state index contributed by atoms with van der Waals surface area (Å²) in [4.78, 5) is 16.5. The quantitative estimate of drug-likeness (QED) is 0.138. The number of halogens is 1. The summed E-state index contributed by atoms with van der Waals surface area (Å²) in [7, 11) is 0. The van der Waals surface area contributed by atoms with Crippen LogP contribution in [0.3, 0.4) is 0 Å². The van der Waals surface area contributed by atoms with Crippen LogP contribution in [0.5, 0.6) is 5.75 Å². The first kappa shape index (κ1) is 23.9. The lowest BCUT2D eigenvalue weighted by Gasteiger charge is -2.14. The van der Waals surface area contributed by atoms with Gasteiger partial charge in [0.25, 0.3) is 5.91 Å². The molecule has 33 heavy (non-hydrogen) atoms. The van der Waals surface area contributed by atoms with Crippen molar-refractivity contribution in [2.75, 3.05) is 12.4 Å². The van der Waals surface area contributed by atoms with Crippen LogP contribution in [-0.4, -0.2) is 27.5 Å². The Morgan fingerprint density at radius 1 is 1.09 bits per heavy atom. The highest BCUT2D eigenvalue weighted by molar-refractivity contribution is 8.26. The summed E-state index contributed by atoms with van der Waals surface area (Å²) in [5.41, 5.74) is 3.03. The molecule has 4 rings (SSSR count). The second-order valence-corrected chi connectivity index (χ2v) is 10.7. The molecular weight excluding hydrogens is 490 g/mol. The highest BCUT2D eigenvalue weighted by atomic mass is 35.5. The molecule has 0 unspecified atom stereocenters. The maximum atomic E-state index is 13.1. The SMILES string of the molecule is Cc1ccc(OCCSc2ccc(Cl)cc2)c(/C=C2\SC(=S)N(Cc3ccccc3)C2=O)c1. The van der Waals surface area contributed by atoms with Crippen molar-refractivity contribution in [2.24, 2.45) is 0 Å². The minimum Gasteiger partial charge on any atom is -0.492 e. The lowest BCUT2D eigenvalue weighted by molar-refractivity contribution is -0.122. The highest BCUT2D eigenvalue weighted by Gasteiger charge is 2.32. The Morgan fingerprint density at radius 3 is 2.61 bits per heavy atom. The Hall–Kier alpha value is -2.25. The Bertz CT molecular complexity index is 1180. The predicted molar refractivity (Wildman–Crippen MR) is 144 cm³/mol. The number of amides is 1. The van der Waals surface area contributed by atoms with Gasteiger partial charge in [-0.25, -0.2) is 0 Å². The number of carbonyl (C=O) groups excluding carboxylic acids is 1. The van der Waals surface area contributed by atoms with E-state index in [-0.39, 0.29) is 5.91 Å². The molecule has 0 spiro atoms. The number of aryl methyl sites for hydroxylation is 1. The number of benzene rings is 3. The summed E-state index contributed by atoms with van der Waals surface area (Å²) in [5, 5.41) is 0.731. The summed E-state index contributed by atoms with van der Waals surface area (Å²) < 4.78 is 6.65. The van der Waals surface area contributed by atoms with Gasteiger partial charge >= 0.3 is 0 Å². The van der Waals surface area contributed by atoms with Crippen LogP contribution in [0.1, 0.15) is 16.7 Å². The molecule has 7 heteroatoms. The van der Waals surface area contributed by atoms with Crippen molar-refractivity contribution >= 4 is 63.6 Å². The van der Waals surface area contributed by atoms with E-state index >= 15 is 0 Å². The van der Waals surface area contributed by atoms with Gasteiger partial charge in [-0.05, 0) is 55.0 Å². The van der Waals surface area contributed by atoms with Crippen LogP contribution < -0.4 is 4.74 Å². The van der Waals surface area contributed by atoms with Crippen LogP contribution in [0.4, 0.5) is 0 Å². The summed E-state index contributed by atoms with van der Waals surface area (Å²) in [6.07, 6.45) is 1.89. The smallest absolute Gasteiger partial charge is 0.266 e. The number of nitrogens with zero attached hydrogens (tertiary/aromatic N) is 1. The normalized spacial score (nSPS) is 14.8. The third kappa shape index (κ3) is 6.42. The summed E-state index contributed by atoms with van der Waals surface area (Å²) in [6, 6.07) is 23.7. The topological polar surface area (TPSA) is 29.5 Å². The van der Waals surface area contributed by atoms with E-state index in [1.165, 1.54) is 11.8 Å². The fraction of sp³-hybridized carbons (Fsp3) is 0.154. The molecule has 1 aliphatic rings. The summed E-state index contributed by atoms with van der Waals surface area (Å²) in [6.45, 7) is 3.05. The number of thiocarbonyl (C=S) groups is 1.